The number of phenolic OH excluding ortho intramolecular Hbond substituents is 1. The Morgan fingerprint density at radius 2 is 1.81 bits per heavy atom. The van der Waals surface area contributed by atoms with Crippen molar-refractivity contribution in [3.8, 4) is 5.75 Å². The molecule has 2 heteroatoms. The Morgan fingerprint density at radius 3 is 2.50 bits per heavy atom. The van der Waals surface area contributed by atoms with E-state index in [4.69, 9.17) is 0 Å². The number of aromatic hydroxyl groups is 1. The van der Waals surface area contributed by atoms with Crippen LogP contribution in [0.4, 0.5) is 11.4 Å². The van der Waals surface area contributed by atoms with Crippen molar-refractivity contribution >= 4 is 11.4 Å². The van der Waals surface area contributed by atoms with Crippen molar-refractivity contribution in [1.82, 2.24) is 0 Å². The number of rotatable bonds is 3. The van der Waals surface area contributed by atoms with E-state index in [2.05, 4.69) is 12.2 Å². The molecule has 2 N–H and O–H groups in total. The van der Waals surface area contributed by atoms with E-state index in [1.54, 1.807) is 12.1 Å². The molecule has 0 atom stereocenters. The highest BCUT2D eigenvalue weighted by atomic mass is 16.3. The predicted molar refractivity (Wildman–Crippen MR) is 67.2 cm³/mol. The van der Waals surface area contributed by atoms with Crippen LogP contribution >= 0.6 is 0 Å². The van der Waals surface area contributed by atoms with E-state index < -0.39 is 0 Å². The summed E-state index contributed by atoms with van der Waals surface area (Å²) in [6.45, 7) is 2.07. The summed E-state index contributed by atoms with van der Waals surface area (Å²) < 4.78 is 0. The molecule has 2 aromatic rings. The Labute approximate surface area is 95.6 Å². The van der Waals surface area contributed by atoms with Crippen LogP contribution < -0.4 is 5.32 Å². The average Bonchev–Trinajstić information content (AvgIpc) is 2.33. The largest absolute Gasteiger partial charge is 0.508 e. The average molecular weight is 213 g/mol. The Balaban J connectivity index is 2.28. The monoisotopic (exact) mass is 213 g/mol. The van der Waals surface area contributed by atoms with E-state index in [9.17, 15) is 5.11 Å². The van der Waals surface area contributed by atoms with Gasteiger partial charge in [-0.1, -0.05) is 25.1 Å². The fraction of sp³-hybridized carbons (Fsp3) is 0.143. The minimum absolute atomic E-state index is 0.315. The second-order valence-corrected chi connectivity index (χ2v) is 3.69. The zero-order valence-electron chi connectivity index (χ0n) is 9.27. The van der Waals surface area contributed by atoms with Gasteiger partial charge in [0.1, 0.15) is 5.75 Å². The van der Waals surface area contributed by atoms with Gasteiger partial charge in [-0.3, -0.25) is 0 Å². The number of hydrogen-bond acceptors (Lipinski definition) is 2. The molecule has 2 aromatic carbocycles. The maximum absolute atomic E-state index is 9.41. The Hall–Kier alpha value is -1.96. The summed E-state index contributed by atoms with van der Waals surface area (Å²) >= 11 is 0. The standard InChI is InChI=1S/C14H15NO/c1-2-11-10-13(16)8-9-14(11)15-12-6-4-3-5-7-12/h3-10,15-16H,2H2,1H3. The minimum Gasteiger partial charge on any atom is -0.508 e. The van der Waals surface area contributed by atoms with E-state index in [1.165, 1.54) is 0 Å². The number of benzene rings is 2. The second-order valence-electron chi connectivity index (χ2n) is 3.69. The zero-order chi connectivity index (χ0) is 11.4. The maximum Gasteiger partial charge on any atom is 0.116 e. The third-order valence-electron chi connectivity index (χ3n) is 2.52. The first-order chi connectivity index (χ1) is 7.79. The number of anilines is 2. The molecule has 0 bridgehead atoms. The molecule has 0 aliphatic heterocycles. The number of nitrogens with one attached hydrogen (secondary N) is 1. The molecule has 0 unspecified atom stereocenters. The zero-order valence-corrected chi connectivity index (χ0v) is 9.27. The van der Waals surface area contributed by atoms with E-state index in [1.807, 2.05) is 36.4 Å². The number of para-hydroxylation sites is 1. The molecule has 0 aliphatic rings. The van der Waals surface area contributed by atoms with Gasteiger partial charge in [-0.05, 0) is 42.3 Å². The fourth-order valence-electron chi connectivity index (χ4n) is 1.67. The summed E-state index contributed by atoms with van der Waals surface area (Å²) in [4.78, 5) is 0. The maximum atomic E-state index is 9.41. The van der Waals surface area contributed by atoms with Crippen LogP contribution in [-0.2, 0) is 6.42 Å². The van der Waals surface area contributed by atoms with Crippen molar-refractivity contribution in [2.24, 2.45) is 0 Å². The molecule has 2 rings (SSSR count). The Kier molecular flexibility index (Phi) is 3.10. The topological polar surface area (TPSA) is 32.3 Å². The fourth-order valence-corrected chi connectivity index (χ4v) is 1.67. The Morgan fingerprint density at radius 1 is 1.06 bits per heavy atom. The van der Waals surface area contributed by atoms with Gasteiger partial charge in [0.05, 0.1) is 0 Å². The molecule has 0 saturated heterocycles. The molecule has 0 spiro atoms. The number of hydrogen-bond donors (Lipinski definition) is 2. The van der Waals surface area contributed by atoms with Crippen molar-refractivity contribution < 1.29 is 5.11 Å². The lowest BCUT2D eigenvalue weighted by molar-refractivity contribution is 0.474. The molecule has 0 radical (unpaired) electrons. The van der Waals surface area contributed by atoms with E-state index in [0.717, 1.165) is 23.4 Å². The van der Waals surface area contributed by atoms with Gasteiger partial charge in [-0.2, -0.15) is 0 Å². The first-order valence-corrected chi connectivity index (χ1v) is 5.43. The normalized spacial score (nSPS) is 10.1. The van der Waals surface area contributed by atoms with Crippen molar-refractivity contribution in [3.05, 3.63) is 54.1 Å². The van der Waals surface area contributed by atoms with Gasteiger partial charge in [0.2, 0.25) is 0 Å². The molecule has 0 heterocycles. The molecular formula is C14H15NO. The van der Waals surface area contributed by atoms with Gasteiger partial charge >= 0.3 is 0 Å². The van der Waals surface area contributed by atoms with Crippen molar-refractivity contribution in [3.63, 3.8) is 0 Å². The van der Waals surface area contributed by atoms with E-state index in [0.29, 0.717) is 5.75 Å². The molecule has 0 saturated carbocycles. The highest BCUT2D eigenvalue weighted by molar-refractivity contribution is 5.64. The van der Waals surface area contributed by atoms with Crippen LogP contribution in [0.1, 0.15) is 12.5 Å². The van der Waals surface area contributed by atoms with Crippen LogP contribution in [0.5, 0.6) is 5.75 Å². The molecular weight excluding hydrogens is 198 g/mol. The first-order valence-electron chi connectivity index (χ1n) is 5.43. The van der Waals surface area contributed by atoms with E-state index in [-0.39, 0.29) is 0 Å². The van der Waals surface area contributed by atoms with Crippen molar-refractivity contribution in [1.29, 1.82) is 0 Å². The van der Waals surface area contributed by atoms with Gasteiger partial charge in [0, 0.05) is 11.4 Å². The number of aryl methyl sites for hydroxylation is 1. The molecule has 0 aliphatic carbocycles. The van der Waals surface area contributed by atoms with Crippen LogP contribution in [0.3, 0.4) is 0 Å². The number of phenols is 1. The van der Waals surface area contributed by atoms with Gasteiger partial charge in [0.15, 0.2) is 0 Å². The summed E-state index contributed by atoms with van der Waals surface area (Å²) in [5.74, 6) is 0.315. The lowest BCUT2D eigenvalue weighted by atomic mass is 10.1. The highest BCUT2D eigenvalue weighted by Gasteiger charge is 2.01. The van der Waals surface area contributed by atoms with E-state index >= 15 is 0 Å². The van der Waals surface area contributed by atoms with Gasteiger partial charge in [-0.25, -0.2) is 0 Å². The Bertz CT molecular complexity index is 465. The van der Waals surface area contributed by atoms with Crippen molar-refractivity contribution in [2.75, 3.05) is 5.32 Å². The van der Waals surface area contributed by atoms with Gasteiger partial charge in [0.25, 0.3) is 0 Å². The van der Waals surface area contributed by atoms with Gasteiger partial charge < -0.3 is 10.4 Å². The lowest BCUT2D eigenvalue weighted by Crippen LogP contribution is -1.94. The van der Waals surface area contributed by atoms with Crippen LogP contribution in [0, 0.1) is 0 Å². The molecule has 0 aromatic heterocycles. The van der Waals surface area contributed by atoms with Crippen LogP contribution in [0.25, 0.3) is 0 Å². The molecule has 2 nitrogen and oxygen atoms in total. The second kappa shape index (κ2) is 4.71. The smallest absolute Gasteiger partial charge is 0.116 e. The van der Waals surface area contributed by atoms with Crippen LogP contribution in [-0.4, -0.2) is 5.11 Å². The third-order valence-corrected chi connectivity index (χ3v) is 2.52. The highest BCUT2D eigenvalue weighted by Crippen LogP contribution is 2.24. The SMILES string of the molecule is CCc1cc(O)ccc1Nc1ccccc1. The summed E-state index contributed by atoms with van der Waals surface area (Å²) in [6, 6.07) is 15.4. The summed E-state index contributed by atoms with van der Waals surface area (Å²) in [5.41, 5.74) is 3.22. The lowest BCUT2D eigenvalue weighted by Gasteiger charge is -2.11. The molecule has 0 fully saturated rings. The van der Waals surface area contributed by atoms with Crippen LogP contribution in [0.15, 0.2) is 48.5 Å². The predicted octanol–water partition coefficient (Wildman–Crippen LogP) is 3.70. The minimum atomic E-state index is 0.315. The molecule has 82 valence electrons. The molecule has 0 amide bonds. The quantitative estimate of drug-likeness (QED) is 0.762. The van der Waals surface area contributed by atoms with Gasteiger partial charge in [-0.15, -0.1) is 0 Å². The first kappa shape index (κ1) is 10.6. The van der Waals surface area contributed by atoms with Crippen LogP contribution in [0.2, 0.25) is 0 Å². The summed E-state index contributed by atoms with van der Waals surface area (Å²) in [7, 11) is 0. The van der Waals surface area contributed by atoms with Crippen molar-refractivity contribution in [2.45, 2.75) is 13.3 Å². The molecule has 16 heavy (non-hydrogen) atoms. The summed E-state index contributed by atoms with van der Waals surface area (Å²) in [6.07, 6.45) is 0.892. The third kappa shape index (κ3) is 2.34. The summed E-state index contributed by atoms with van der Waals surface area (Å²) in [5, 5.41) is 12.7.